The van der Waals surface area contributed by atoms with E-state index in [1.807, 2.05) is 68.4 Å². The van der Waals surface area contributed by atoms with Gasteiger partial charge >= 0.3 is 0 Å². The van der Waals surface area contributed by atoms with Crippen LogP contribution in [0.25, 0.3) is 11.1 Å². The molecule has 150 valence electrons. The van der Waals surface area contributed by atoms with Crippen molar-refractivity contribution in [2.45, 2.75) is 46.2 Å². The molecular weight excluding hydrogens is 379 g/mol. The molecule has 3 aromatic carbocycles. The fourth-order valence-corrected chi connectivity index (χ4v) is 6.72. The van der Waals surface area contributed by atoms with Gasteiger partial charge in [0, 0.05) is 5.56 Å². The summed E-state index contributed by atoms with van der Waals surface area (Å²) in [6.45, 7) is 10.2. The number of hydrogen-bond donors (Lipinski definition) is 1. The van der Waals surface area contributed by atoms with E-state index in [4.69, 9.17) is 4.52 Å². The monoisotopic (exact) mass is 406 g/mol. The van der Waals surface area contributed by atoms with Gasteiger partial charge in [-0.15, -0.1) is 0 Å². The lowest BCUT2D eigenvalue weighted by Crippen LogP contribution is -2.20. The molecule has 1 unspecified atom stereocenters. The van der Waals surface area contributed by atoms with Gasteiger partial charge in [0.1, 0.15) is 11.5 Å². The smallest absolute Gasteiger partial charge is 0.282 e. The molecule has 0 amide bonds. The molecule has 0 aliphatic carbocycles. The molecule has 1 atom stereocenters. The number of para-hydroxylation sites is 1. The zero-order valence-corrected chi connectivity index (χ0v) is 18.5. The summed E-state index contributed by atoms with van der Waals surface area (Å²) in [5.74, 6) is 0.941. The maximum absolute atomic E-state index is 14.2. The van der Waals surface area contributed by atoms with Gasteiger partial charge in [-0.1, -0.05) is 63.2 Å². The Morgan fingerprint density at radius 3 is 2.28 bits per heavy atom. The van der Waals surface area contributed by atoms with Crippen molar-refractivity contribution in [1.29, 1.82) is 0 Å². The third-order valence-electron chi connectivity index (χ3n) is 5.77. The third-order valence-corrected chi connectivity index (χ3v) is 8.12. The maximum Gasteiger partial charge on any atom is 0.282 e. The van der Waals surface area contributed by atoms with Gasteiger partial charge in [-0.2, -0.15) is 0 Å². The minimum Gasteiger partial charge on any atom is -0.507 e. The molecular formula is C25H27O3P. The fraction of sp³-hybridized carbons (Fsp3) is 0.280. The number of benzene rings is 3. The van der Waals surface area contributed by atoms with Gasteiger partial charge < -0.3 is 9.63 Å². The molecule has 3 nitrogen and oxygen atoms in total. The highest BCUT2D eigenvalue weighted by atomic mass is 31.2. The highest BCUT2D eigenvalue weighted by Gasteiger charge is 2.37. The normalized spacial score (nSPS) is 18.0. The molecule has 1 N–H and O–H groups in total. The van der Waals surface area contributed by atoms with Crippen molar-refractivity contribution < 1.29 is 14.2 Å². The Morgan fingerprint density at radius 2 is 1.59 bits per heavy atom. The quantitative estimate of drug-likeness (QED) is 0.496. The number of aromatic hydroxyl groups is 1. The van der Waals surface area contributed by atoms with Crippen LogP contribution in [0, 0.1) is 13.8 Å². The first-order valence-electron chi connectivity index (χ1n) is 9.92. The van der Waals surface area contributed by atoms with E-state index in [9.17, 15) is 9.67 Å². The van der Waals surface area contributed by atoms with Crippen LogP contribution in [0.3, 0.4) is 0 Å². The molecule has 1 aliphatic heterocycles. The van der Waals surface area contributed by atoms with Crippen LogP contribution in [0.1, 0.15) is 43.0 Å². The van der Waals surface area contributed by atoms with E-state index < -0.39 is 7.37 Å². The van der Waals surface area contributed by atoms with E-state index in [1.54, 1.807) is 0 Å². The van der Waals surface area contributed by atoms with E-state index in [2.05, 4.69) is 20.8 Å². The molecule has 0 saturated heterocycles. The SMILES string of the molecule is Cc1cc(C(C)(C)C)c(O)c(C)c1CP1(=O)Oc2ccccc2-c2ccccc21. The van der Waals surface area contributed by atoms with Crippen molar-refractivity contribution in [2.24, 2.45) is 0 Å². The van der Waals surface area contributed by atoms with Crippen LogP contribution in [0.2, 0.25) is 0 Å². The van der Waals surface area contributed by atoms with Crippen molar-refractivity contribution in [1.82, 2.24) is 0 Å². The fourth-order valence-electron chi connectivity index (χ4n) is 4.13. The predicted octanol–water partition coefficient (Wildman–Crippen LogP) is 6.47. The van der Waals surface area contributed by atoms with Gasteiger partial charge in [-0.25, -0.2) is 0 Å². The molecule has 3 aromatic rings. The average Bonchev–Trinajstić information content (AvgIpc) is 2.67. The lowest BCUT2D eigenvalue weighted by atomic mass is 9.83. The average molecular weight is 406 g/mol. The van der Waals surface area contributed by atoms with Crippen molar-refractivity contribution in [2.75, 3.05) is 0 Å². The number of fused-ring (bicyclic) bond motifs is 3. The summed E-state index contributed by atoms with van der Waals surface area (Å²) in [7, 11) is -3.20. The Bertz CT molecular complexity index is 1160. The highest BCUT2D eigenvalue weighted by molar-refractivity contribution is 7.67. The van der Waals surface area contributed by atoms with Gasteiger partial charge in [0.05, 0.1) is 11.5 Å². The summed E-state index contributed by atoms with van der Waals surface area (Å²) >= 11 is 0. The van der Waals surface area contributed by atoms with Gasteiger partial charge in [-0.05, 0) is 59.2 Å². The Morgan fingerprint density at radius 1 is 0.966 bits per heavy atom. The molecule has 0 spiro atoms. The number of rotatable bonds is 2. The second kappa shape index (κ2) is 6.78. The summed E-state index contributed by atoms with van der Waals surface area (Å²) in [6, 6.07) is 17.5. The molecule has 0 saturated carbocycles. The van der Waals surface area contributed by atoms with Gasteiger partial charge in [0.15, 0.2) is 0 Å². The Balaban J connectivity index is 1.86. The maximum atomic E-state index is 14.2. The summed E-state index contributed by atoms with van der Waals surface area (Å²) in [4.78, 5) is 0. The first-order valence-corrected chi connectivity index (χ1v) is 11.7. The van der Waals surface area contributed by atoms with Crippen molar-refractivity contribution in [3.63, 3.8) is 0 Å². The van der Waals surface area contributed by atoms with Crippen molar-refractivity contribution in [3.8, 4) is 22.6 Å². The van der Waals surface area contributed by atoms with E-state index >= 15 is 0 Å². The molecule has 29 heavy (non-hydrogen) atoms. The molecule has 1 heterocycles. The molecule has 0 bridgehead atoms. The minimum absolute atomic E-state index is 0.171. The van der Waals surface area contributed by atoms with Crippen molar-refractivity contribution in [3.05, 3.63) is 76.9 Å². The minimum atomic E-state index is -3.20. The molecule has 0 aromatic heterocycles. The topological polar surface area (TPSA) is 46.5 Å². The third kappa shape index (κ3) is 3.28. The number of aryl methyl sites for hydroxylation is 1. The Hall–Kier alpha value is -2.51. The first-order chi connectivity index (χ1) is 13.6. The van der Waals surface area contributed by atoms with Gasteiger partial charge in [0.2, 0.25) is 0 Å². The molecule has 0 radical (unpaired) electrons. The van der Waals surface area contributed by atoms with E-state index in [1.165, 1.54) is 0 Å². The molecule has 4 heteroatoms. The Labute approximate surface area is 172 Å². The molecule has 4 rings (SSSR count). The van der Waals surface area contributed by atoms with E-state index in [0.717, 1.165) is 38.7 Å². The lowest BCUT2D eigenvalue weighted by Gasteiger charge is -2.30. The standard InChI is InChI=1S/C25H27O3P/c1-16-14-21(25(3,4)5)24(26)17(2)20(16)15-29(27)23-13-9-7-11-19(23)18-10-6-8-12-22(18)28-29/h6-14,26H,15H2,1-5H3. The summed E-state index contributed by atoms with van der Waals surface area (Å²) in [5, 5.41) is 11.6. The number of hydrogen-bond acceptors (Lipinski definition) is 3. The number of phenolic OH excluding ortho intramolecular Hbond substituents is 1. The van der Waals surface area contributed by atoms with Gasteiger partial charge in [-0.3, -0.25) is 4.57 Å². The second-order valence-corrected chi connectivity index (χ2v) is 11.2. The highest BCUT2D eigenvalue weighted by Crippen LogP contribution is 2.57. The van der Waals surface area contributed by atoms with Crippen LogP contribution in [0.4, 0.5) is 0 Å². The van der Waals surface area contributed by atoms with Crippen LogP contribution >= 0.6 is 7.37 Å². The second-order valence-electron chi connectivity index (χ2n) is 8.88. The summed E-state index contributed by atoms with van der Waals surface area (Å²) < 4.78 is 20.4. The van der Waals surface area contributed by atoms with Crippen LogP contribution < -0.4 is 9.83 Å². The van der Waals surface area contributed by atoms with Crippen LogP contribution in [0.15, 0.2) is 54.6 Å². The van der Waals surface area contributed by atoms with Crippen LogP contribution in [-0.4, -0.2) is 5.11 Å². The zero-order chi connectivity index (χ0) is 21.0. The molecule has 0 fully saturated rings. The first kappa shape index (κ1) is 19.8. The lowest BCUT2D eigenvalue weighted by molar-refractivity contribution is 0.441. The van der Waals surface area contributed by atoms with Crippen LogP contribution in [0.5, 0.6) is 11.5 Å². The Kier molecular flexibility index (Phi) is 4.63. The predicted molar refractivity (Wildman–Crippen MR) is 120 cm³/mol. The number of phenols is 1. The summed E-state index contributed by atoms with van der Waals surface area (Å²) in [6.07, 6.45) is 0.258. The summed E-state index contributed by atoms with van der Waals surface area (Å²) in [5.41, 5.74) is 5.37. The van der Waals surface area contributed by atoms with Gasteiger partial charge in [0.25, 0.3) is 7.37 Å². The van der Waals surface area contributed by atoms with Crippen LogP contribution in [-0.2, 0) is 16.1 Å². The van der Waals surface area contributed by atoms with E-state index in [0.29, 0.717) is 5.75 Å². The largest absolute Gasteiger partial charge is 0.507 e. The van der Waals surface area contributed by atoms with Crippen molar-refractivity contribution >= 4 is 12.7 Å². The molecule has 1 aliphatic rings. The van der Waals surface area contributed by atoms with E-state index in [-0.39, 0.29) is 17.3 Å². The zero-order valence-electron chi connectivity index (χ0n) is 17.6.